The number of nitrogens with one attached hydrogen (secondary N) is 2. The second-order valence-electron chi connectivity index (χ2n) is 6.94. The average molecular weight is 335 g/mol. The number of rotatable bonds is 3. The number of carbonyl (C=O) groups excluding carboxylic acids is 3. The van der Waals surface area contributed by atoms with Crippen molar-refractivity contribution in [3.63, 3.8) is 0 Å². The molecule has 0 saturated carbocycles. The molecule has 2 saturated heterocycles. The van der Waals surface area contributed by atoms with E-state index in [1.165, 1.54) is 0 Å². The van der Waals surface area contributed by atoms with Gasteiger partial charge in [0.05, 0.1) is 0 Å². The number of amides is 4. The molecule has 1 aliphatic carbocycles. The number of carboxylic acid groups (broad SMARTS) is 1. The van der Waals surface area contributed by atoms with Crippen molar-refractivity contribution >= 4 is 23.8 Å². The molecule has 0 aromatic heterocycles. The third kappa shape index (κ3) is 2.37. The van der Waals surface area contributed by atoms with Crippen LogP contribution >= 0.6 is 0 Å². The Kier molecular flexibility index (Phi) is 3.85. The molecule has 0 radical (unpaired) electrons. The predicted molar refractivity (Wildman–Crippen MR) is 82.8 cm³/mol. The molecule has 2 aliphatic heterocycles. The number of allylic oxidation sites excluding steroid dienone is 2. The Morgan fingerprint density at radius 1 is 1.21 bits per heavy atom. The van der Waals surface area contributed by atoms with Crippen LogP contribution in [0.5, 0.6) is 0 Å². The van der Waals surface area contributed by atoms with Gasteiger partial charge in [-0.25, -0.2) is 4.79 Å². The first-order chi connectivity index (χ1) is 11.3. The van der Waals surface area contributed by atoms with Crippen molar-refractivity contribution < 1.29 is 24.3 Å². The van der Waals surface area contributed by atoms with E-state index in [0.717, 1.165) is 0 Å². The van der Waals surface area contributed by atoms with E-state index < -0.39 is 23.0 Å². The number of piperidine rings is 1. The van der Waals surface area contributed by atoms with E-state index in [1.54, 1.807) is 24.0 Å². The molecular weight excluding hydrogens is 314 g/mol. The maximum Gasteiger partial charge on any atom is 0.322 e. The van der Waals surface area contributed by atoms with Gasteiger partial charge in [0.2, 0.25) is 5.91 Å². The minimum Gasteiger partial charge on any atom is -0.480 e. The molecule has 3 rings (SSSR count). The molecule has 0 aromatic rings. The smallest absolute Gasteiger partial charge is 0.322 e. The van der Waals surface area contributed by atoms with Crippen molar-refractivity contribution in [3.05, 3.63) is 12.2 Å². The van der Waals surface area contributed by atoms with E-state index in [1.807, 2.05) is 0 Å². The van der Waals surface area contributed by atoms with Crippen LogP contribution in [-0.2, 0) is 14.4 Å². The second-order valence-corrected chi connectivity index (χ2v) is 6.94. The molecule has 8 heteroatoms. The van der Waals surface area contributed by atoms with Crippen LogP contribution in [0.25, 0.3) is 0 Å². The fraction of sp³-hybridized carbons (Fsp3) is 0.625. The van der Waals surface area contributed by atoms with Gasteiger partial charge in [0.15, 0.2) is 5.41 Å². The highest BCUT2D eigenvalue weighted by Crippen LogP contribution is 2.38. The Bertz CT molecular complexity index is 628. The van der Waals surface area contributed by atoms with Crippen molar-refractivity contribution in [2.24, 2.45) is 11.3 Å². The van der Waals surface area contributed by atoms with E-state index >= 15 is 0 Å². The molecule has 3 N–H and O–H groups in total. The Morgan fingerprint density at radius 2 is 1.79 bits per heavy atom. The first-order valence-electron chi connectivity index (χ1n) is 8.11. The third-order valence-electron chi connectivity index (χ3n) is 5.59. The van der Waals surface area contributed by atoms with Crippen LogP contribution in [0, 0.1) is 11.3 Å². The number of hydrogen-bond donors (Lipinski definition) is 3. The summed E-state index contributed by atoms with van der Waals surface area (Å²) >= 11 is 0. The Hall–Kier alpha value is -2.38. The van der Waals surface area contributed by atoms with E-state index in [4.69, 9.17) is 0 Å². The van der Waals surface area contributed by atoms with E-state index in [2.05, 4.69) is 10.6 Å². The van der Waals surface area contributed by atoms with Gasteiger partial charge in [0, 0.05) is 13.1 Å². The van der Waals surface area contributed by atoms with Gasteiger partial charge in [-0.2, -0.15) is 0 Å². The van der Waals surface area contributed by atoms with Gasteiger partial charge in [-0.15, -0.1) is 0 Å². The van der Waals surface area contributed by atoms with Crippen LogP contribution in [0.1, 0.15) is 32.6 Å². The molecule has 0 aromatic carbocycles. The molecule has 0 bridgehead atoms. The van der Waals surface area contributed by atoms with Crippen LogP contribution in [-0.4, -0.2) is 52.4 Å². The van der Waals surface area contributed by atoms with Crippen molar-refractivity contribution in [3.8, 4) is 0 Å². The van der Waals surface area contributed by atoms with Crippen molar-refractivity contribution in [2.45, 2.75) is 38.1 Å². The Morgan fingerprint density at radius 3 is 2.25 bits per heavy atom. The van der Waals surface area contributed by atoms with Gasteiger partial charge in [-0.3, -0.25) is 19.7 Å². The van der Waals surface area contributed by atoms with E-state index in [9.17, 15) is 24.3 Å². The molecule has 2 fully saturated rings. The summed E-state index contributed by atoms with van der Waals surface area (Å²) in [5.74, 6) is -1.88. The first-order valence-corrected chi connectivity index (χ1v) is 8.11. The van der Waals surface area contributed by atoms with Crippen molar-refractivity contribution in [2.75, 3.05) is 13.1 Å². The maximum atomic E-state index is 12.7. The molecule has 4 amide bonds. The lowest BCUT2D eigenvalue weighted by Gasteiger charge is -2.40. The molecule has 24 heavy (non-hydrogen) atoms. The summed E-state index contributed by atoms with van der Waals surface area (Å²) in [7, 11) is 0. The molecule has 8 nitrogen and oxygen atoms in total. The first kappa shape index (κ1) is 16.5. The van der Waals surface area contributed by atoms with E-state index in [-0.39, 0.29) is 30.6 Å². The largest absolute Gasteiger partial charge is 0.480 e. The van der Waals surface area contributed by atoms with Crippen molar-refractivity contribution in [1.82, 2.24) is 15.5 Å². The van der Waals surface area contributed by atoms with Gasteiger partial charge in [-0.1, -0.05) is 12.2 Å². The fourth-order valence-corrected chi connectivity index (χ4v) is 3.90. The normalized spacial score (nSPS) is 29.5. The summed E-state index contributed by atoms with van der Waals surface area (Å²) in [5.41, 5.74) is -2.35. The average Bonchev–Trinajstić information content (AvgIpc) is 3.13. The van der Waals surface area contributed by atoms with Gasteiger partial charge in [0.1, 0.15) is 5.54 Å². The minimum absolute atomic E-state index is 0.0875. The molecule has 0 spiro atoms. The lowest BCUT2D eigenvalue weighted by atomic mass is 9.77. The number of nitrogens with zero attached hydrogens (tertiary/aromatic N) is 1. The summed E-state index contributed by atoms with van der Waals surface area (Å²) in [6.45, 7) is 2.46. The topological polar surface area (TPSA) is 116 Å². The number of hydrogen-bond acceptors (Lipinski definition) is 4. The zero-order valence-electron chi connectivity index (χ0n) is 13.5. The van der Waals surface area contributed by atoms with Crippen LogP contribution in [0.4, 0.5) is 4.79 Å². The highest BCUT2D eigenvalue weighted by molar-refractivity contribution is 6.07. The standard InChI is InChI=1S/C16H21N3O5/c1-15(11(20)17-14(24)18-15)10-4-8-19(9-5-10)12(21)16(13(22)23)6-2-3-7-16/h2-3,10H,4-9H2,1H3,(H,22,23)(H2,17,18,20,24). The van der Waals surface area contributed by atoms with Crippen LogP contribution < -0.4 is 10.6 Å². The summed E-state index contributed by atoms with van der Waals surface area (Å²) in [6, 6.07) is -0.497. The van der Waals surface area contributed by atoms with Gasteiger partial charge < -0.3 is 15.3 Å². The lowest BCUT2D eigenvalue weighted by Crippen LogP contribution is -2.56. The monoisotopic (exact) mass is 335 g/mol. The molecule has 1 atom stereocenters. The summed E-state index contributed by atoms with van der Waals surface area (Å²) < 4.78 is 0. The summed E-state index contributed by atoms with van der Waals surface area (Å²) in [6.07, 6.45) is 4.99. The SMILES string of the molecule is CC1(C2CCN(C(=O)C3(C(=O)O)CC=CC3)CC2)NC(=O)NC1=O. The van der Waals surface area contributed by atoms with Gasteiger partial charge >= 0.3 is 12.0 Å². The number of aliphatic carboxylic acids is 1. The predicted octanol–water partition coefficient (Wildman–Crippen LogP) is 0.244. The molecule has 1 unspecified atom stereocenters. The third-order valence-corrected chi connectivity index (χ3v) is 5.59. The molecule has 2 heterocycles. The fourth-order valence-electron chi connectivity index (χ4n) is 3.90. The highest BCUT2D eigenvalue weighted by atomic mass is 16.4. The van der Waals surface area contributed by atoms with Crippen LogP contribution in [0.15, 0.2) is 12.2 Å². The number of carbonyl (C=O) groups is 4. The summed E-state index contributed by atoms with van der Waals surface area (Å²) in [5, 5.41) is 14.4. The van der Waals surface area contributed by atoms with E-state index in [0.29, 0.717) is 25.9 Å². The number of imide groups is 1. The molecule has 130 valence electrons. The lowest BCUT2D eigenvalue weighted by molar-refractivity contribution is -0.160. The quantitative estimate of drug-likeness (QED) is 0.388. The number of urea groups is 1. The van der Waals surface area contributed by atoms with Crippen LogP contribution in [0.3, 0.4) is 0 Å². The Balaban J connectivity index is 1.67. The van der Waals surface area contributed by atoms with Gasteiger partial charge in [0.25, 0.3) is 5.91 Å². The minimum atomic E-state index is -1.38. The van der Waals surface area contributed by atoms with Gasteiger partial charge in [-0.05, 0) is 38.5 Å². The zero-order valence-corrected chi connectivity index (χ0v) is 13.5. The molecule has 3 aliphatic rings. The van der Waals surface area contributed by atoms with Crippen molar-refractivity contribution in [1.29, 1.82) is 0 Å². The second kappa shape index (κ2) is 5.61. The maximum absolute atomic E-state index is 12.7. The zero-order chi connectivity index (χ0) is 17.5. The number of likely N-dealkylation sites (tertiary alicyclic amines) is 1. The Labute approximate surface area is 139 Å². The highest BCUT2D eigenvalue weighted by Gasteiger charge is 2.52. The molecular formula is C16H21N3O5. The number of carboxylic acids is 1. The summed E-state index contributed by atoms with van der Waals surface area (Å²) in [4.78, 5) is 49.4. The van der Waals surface area contributed by atoms with Crippen LogP contribution in [0.2, 0.25) is 0 Å².